The molecule has 48 heteroatoms. The molecule has 109 heavy (non-hydrogen) atoms. The van der Waals surface area contributed by atoms with E-state index in [0.29, 0.717) is 6.07 Å². The van der Waals surface area contributed by atoms with Gasteiger partial charge in [0.2, 0.25) is 46.2 Å². The summed E-state index contributed by atoms with van der Waals surface area (Å²) in [4.78, 5) is 46.2. The molecule has 2 aromatic heterocycles. The lowest BCUT2D eigenvalue weighted by atomic mass is 10.1. The molecule has 0 aliphatic carbocycles. The second-order valence-electron chi connectivity index (χ2n) is 22.6. The number of aromatic nitrogens is 6. The van der Waals surface area contributed by atoms with Gasteiger partial charge in [-0.05, 0) is 132 Å². The number of methoxy groups -OCH3 is 2. The summed E-state index contributed by atoms with van der Waals surface area (Å²) in [7, 11) is -27.7. The number of hydrogen-bond acceptors (Lipinski definition) is 32. The van der Waals surface area contributed by atoms with Crippen molar-refractivity contribution in [2.45, 2.75) is 50.1 Å². The Morgan fingerprint density at radius 3 is 1.19 bits per heavy atom. The van der Waals surface area contributed by atoms with E-state index in [1.54, 1.807) is 0 Å². The molecule has 11 aromatic rings. The van der Waals surface area contributed by atoms with Crippen molar-refractivity contribution in [3.05, 3.63) is 144 Å². The zero-order valence-electron chi connectivity index (χ0n) is 55.4. The van der Waals surface area contributed by atoms with Gasteiger partial charge in [0, 0.05) is 58.6 Å². The van der Waals surface area contributed by atoms with E-state index in [1.165, 1.54) is 87.9 Å². The molecule has 0 bridgehead atoms. The van der Waals surface area contributed by atoms with Gasteiger partial charge in [-0.25, -0.2) is 0 Å². The van der Waals surface area contributed by atoms with E-state index >= 15 is 0 Å². The first-order valence-corrected chi connectivity index (χ1v) is 39.3. The van der Waals surface area contributed by atoms with Crippen LogP contribution in [0.3, 0.4) is 0 Å². The summed E-state index contributed by atoms with van der Waals surface area (Å²) in [6, 6.07) is 23.8. The fourth-order valence-electron chi connectivity index (χ4n) is 10.5. The summed E-state index contributed by atoms with van der Waals surface area (Å²) >= 11 is 13.0. The Labute approximate surface area is 624 Å². The van der Waals surface area contributed by atoms with Crippen LogP contribution in [0.15, 0.2) is 187 Å². The van der Waals surface area contributed by atoms with Crippen LogP contribution in [-0.4, -0.2) is 134 Å². The Morgan fingerprint density at radius 1 is 0.376 bits per heavy atom. The minimum Gasteiger partial charge on any atom is -0.494 e. The number of carbonyl (C=O) groups excluding carboxylic acids is 2. The number of benzene rings is 9. The van der Waals surface area contributed by atoms with Crippen LogP contribution in [-0.2, 0) is 70.3 Å². The van der Waals surface area contributed by atoms with Crippen LogP contribution in [0.25, 0.3) is 32.3 Å². The molecule has 0 saturated carbocycles. The minimum absolute atomic E-state index is 0.00490. The van der Waals surface area contributed by atoms with Crippen molar-refractivity contribution in [1.82, 2.24) is 29.9 Å². The molecule has 0 spiro atoms. The van der Waals surface area contributed by atoms with Gasteiger partial charge in [0.15, 0.2) is 0 Å². The van der Waals surface area contributed by atoms with Crippen molar-refractivity contribution in [3.8, 4) is 11.5 Å². The summed E-state index contributed by atoms with van der Waals surface area (Å²) < 4.78 is 221. The largest absolute Gasteiger partial charge is 0.494 e. The number of fused-ring (bicyclic) bond motifs is 3. The predicted octanol–water partition coefficient (Wildman–Crippen LogP) is 12.8. The molecule has 40 nitrogen and oxygen atoms in total. The number of rotatable bonds is 24. The standard InChI is InChI=1S/C61H48Cl2N18O22S6/c1-27-14-30-15-34(104(84,85)86)21-55(109(99,100)101)37(30)22-41(27)79-78-40-13-12-31(66-58-70-56(62)72-60(74-58)68-47-23-43(64-28(2)82)45(25-49(47)102-4)80-76-32-16-38-35(53(19-32)107(93,94)95)8-6-10-51(38)105(87,88)89)18-42(40)67-59-71-57(63)73-61(75-59)69-48-24-44(65-29(3)83)46(26-50(48)103-5)81-77-33-17-39-36(54(20-33)108(96,97)98)9-7-11-52(39)106(90,91)92/h6-26H,1-5H3,(H,64,82)(H,65,83)(H,84,85,86)(H,87,88,89)(H,90,91,92)(H,93,94,95)(H,96,97,98)(H,99,100,101)(H2,66,68,70,72,74)(H2,67,69,71,73,75). The number of azo groups is 3. The number of nitrogens with one attached hydrogen (secondary N) is 6. The lowest BCUT2D eigenvalue weighted by Crippen LogP contribution is -2.08. The number of ether oxygens (including phenoxy) is 2. The van der Waals surface area contributed by atoms with Crippen LogP contribution in [0.5, 0.6) is 11.5 Å². The van der Waals surface area contributed by atoms with Crippen LogP contribution < -0.4 is 41.4 Å². The summed E-state index contributed by atoms with van der Waals surface area (Å²) in [5.74, 6) is -2.55. The van der Waals surface area contributed by atoms with E-state index < -0.39 is 112 Å². The summed E-state index contributed by atoms with van der Waals surface area (Å²) in [6.45, 7) is 3.81. The Bertz CT molecular complexity index is 6550. The van der Waals surface area contributed by atoms with Crippen molar-refractivity contribution in [1.29, 1.82) is 0 Å². The average Bonchev–Trinajstić information content (AvgIpc) is 0.773. The third-order valence-electron chi connectivity index (χ3n) is 15.0. The quantitative estimate of drug-likeness (QED) is 0.0197. The van der Waals surface area contributed by atoms with E-state index in [1.807, 2.05) is 0 Å². The van der Waals surface area contributed by atoms with Gasteiger partial charge in [-0.2, -0.15) is 95.8 Å². The van der Waals surface area contributed by atoms with Crippen LogP contribution >= 0.6 is 23.2 Å². The van der Waals surface area contributed by atoms with Crippen molar-refractivity contribution in [3.63, 3.8) is 0 Å². The summed E-state index contributed by atoms with van der Waals surface area (Å²) in [6.07, 6.45) is 0. The van der Waals surface area contributed by atoms with Crippen molar-refractivity contribution >= 4 is 220 Å². The fourth-order valence-corrected chi connectivity index (χ4v) is 15.0. The Kier molecular flexibility index (Phi) is 21.7. The maximum absolute atomic E-state index is 12.7. The molecule has 9 aromatic carbocycles. The molecule has 564 valence electrons. The molecule has 0 fully saturated rings. The Hall–Kier alpha value is -11.6. The molecule has 0 saturated heterocycles. The van der Waals surface area contributed by atoms with E-state index in [4.69, 9.17) is 32.7 Å². The van der Waals surface area contributed by atoms with Gasteiger partial charge in [-0.15, -0.1) is 15.3 Å². The zero-order valence-corrected chi connectivity index (χ0v) is 61.8. The van der Waals surface area contributed by atoms with Gasteiger partial charge in [0.1, 0.15) is 53.0 Å². The maximum atomic E-state index is 12.7. The molecule has 11 rings (SSSR count). The molecule has 2 heterocycles. The lowest BCUT2D eigenvalue weighted by Gasteiger charge is -2.16. The lowest BCUT2D eigenvalue weighted by molar-refractivity contribution is -0.115. The molecule has 0 atom stereocenters. The molecule has 2 amide bonds. The highest BCUT2D eigenvalue weighted by molar-refractivity contribution is 7.87. The highest BCUT2D eigenvalue weighted by atomic mass is 35.5. The third kappa shape index (κ3) is 18.3. The van der Waals surface area contributed by atoms with Gasteiger partial charge in [0.25, 0.3) is 60.7 Å². The minimum atomic E-state index is -5.17. The summed E-state index contributed by atoms with van der Waals surface area (Å²) in [5.41, 5.74) is -0.846. The topological polar surface area (TPSA) is 602 Å². The van der Waals surface area contributed by atoms with E-state index in [2.05, 4.69) is 92.5 Å². The molecule has 0 aliphatic rings. The van der Waals surface area contributed by atoms with Gasteiger partial charge in [-0.1, -0.05) is 24.3 Å². The monoisotopic (exact) mass is 1650 g/mol. The molecular weight excluding hydrogens is 1600 g/mol. The number of amides is 2. The number of carbonyl (C=O) groups is 2. The second-order valence-corrected chi connectivity index (χ2v) is 31.6. The molecule has 0 radical (unpaired) electrons. The SMILES string of the molecule is COc1cc(N=Nc2cc(S(=O)(=O)O)c3cccc(S(=O)(=O)O)c3c2)c(NC(C)=O)cc1Nc1nc(Cl)nc(Nc2ccc(N=Nc3cc4c(S(=O)(=O)O)cc(S(=O)(=O)O)cc4cc3C)c(Nc3nc(Cl)nc(Nc4cc(NC(C)=O)c(N=Nc5cc(S(=O)(=O)O)c6cccc(S(=O)(=O)O)c6c5)cc4OC)n3)c2)n1. The van der Waals surface area contributed by atoms with Gasteiger partial charge < -0.3 is 41.4 Å². The first-order valence-electron chi connectivity index (χ1n) is 29.9. The Morgan fingerprint density at radius 2 is 0.780 bits per heavy atom. The normalized spacial score (nSPS) is 12.5. The first-order chi connectivity index (χ1) is 51.0. The molecule has 0 aliphatic heterocycles. The number of hydrogen-bond donors (Lipinski definition) is 12. The van der Waals surface area contributed by atoms with Crippen LogP contribution in [0.2, 0.25) is 10.6 Å². The second kappa shape index (κ2) is 30.2. The van der Waals surface area contributed by atoms with E-state index in [-0.39, 0.29) is 141 Å². The average molecular weight is 1650 g/mol. The van der Waals surface area contributed by atoms with Crippen LogP contribution in [0.1, 0.15) is 19.4 Å². The number of nitrogens with zero attached hydrogens (tertiary/aromatic N) is 12. The predicted molar refractivity (Wildman–Crippen MR) is 392 cm³/mol. The van der Waals surface area contributed by atoms with Crippen LogP contribution in [0, 0.1) is 6.92 Å². The molecule has 0 unspecified atom stereocenters. The van der Waals surface area contributed by atoms with Gasteiger partial charge in [-0.3, -0.25) is 36.9 Å². The smallest absolute Gasteiger partial charge is 0.295 e. The zero-order chi connectivity index (χ0) is 79.2. The fraction of sp³-hybridized carbons (Fsp3) is 0.0820. The summed E-state index contributed by atoms with van der Waals surface area (Å²) in [5, 5.41) is 39.7. The highest BCUT2D eigenvalue weighted by Crippen LogP contribution is 2.44. The van der Waals surface area contributed by atoms with Gasteiger partial charge in [0.05, 0.1) is 64.6 Å². The van der Waals surface area contributed by atoms with Crippen molar-refractivity contribution in [2.24, 2.45) is 30.7 Å². The first kappa shape index (κ1) is 78.4. The number of aryl methyl sites for hydroxylation is 1. The third-order valence-corrected chi connectivity index (χ3v) is 20.6. The van der Waals surface area contributed by atoms with E-state index in [0.717, 1.165) is 68.4 Å². The Balaban J connectivity index is 0.948. The van der Waals surface area contributed by atoms with Crippen molar-refractivity contribution in [2.75, 3.05) is 46.1 Å². The van der Waals surface area contributed by atoms with Crippen LogP contribution in [0.4, 0.5) is 92.0 Å². The van der Waals surface area contributed by atoms with Crippen molar-refractivity contribution < 1.29 is 96.9 Å². The molecule has 12 N–H and O–H groups in total. The number of anilines is 10. The highest BCUT2D eigenvalue weighted by Gasteiger charge is 2.27. The van der Waals surface area contributed by atoms with E-state index in [9.17, 15) is 87.4 Å². The molecular formula is C61H48Cl2N18O22S6. The number of halogens is 2. The maximum Gasteiger partial charge on any atom is 0.295 e. The van der Waals surface area contributed by atoms with Gasteiger partial charge >= 0.3 is 0 Å².